The molecule has 0 spiro atoms. The summed E-state index contributed by atoms with van der Waals surface area (Å²) in [4.78, 5) is 33.9. The van der Waals surface area contributed by atoms with Crippen molar-refractivity contribution in [2.75, 3.05) is 5.32 Å². The van der Waals surface area contributed by atoms with Crippen LogP contribution in [0.3, 0.4) is 0 Å². The normalized spacial score (nSPS) is 14.4. The summed E-state index contributed by atoms with van der Waals surface area (Å²) >= 11 is 1.48. The topological polar surface area (TPSA) is 84.0 Å². The van der Waals surface area contributed by atoms with E-state index >= 15 is 0 Å². The van der Waals surface area contributed by atoms with Gasteiger partial charge in [0.15, 0.2) is 0 Å². The zero-order valence-corrected chi connectivity index (χ0v) is 15.6. The van der Waals surface area contributed by atoms with Crippen LogP contribution in [0, 0.1) is 5.92 Å². The fourth-order valence-corrected chi connectivity index (χ4v) is 4.16. The summed E-state index contributed by atoms with van der Waals surface area (Å²) in [6.07, 6.45) is 5.61. The van der Waals surface area contributed by atoms with Crippen molar-refractivity contribution in [1.82, 2.24) is 15.3 Å². The second-order valence-electron chi connectivity index (χ2n) is 6.72. The Labute approximate surface area is 161 Å². The lowest BCUT2D eigenvalue weighted by molar-refractivity contribution is -0.119. The molecular formula is C20H20N4O2S. The minimum absolute atomic E-state index is 0.0921. The molecule has 1 aliphatic rings. The van der Waals surface area contributed by atoms with Gasteiger partial charge in [-0.3, -0.25) is 9.59 Å². The Morgan fingerprint density at radius 1 is 1.15 bits per heavy atom. The average molecular weight is 380 g/mol. The van der Waals surface area contributed by atoms with Crippen LogP contribution in [0.5, 0.6) is 0 Å². The van der Waals surface area contributed by atoms with Crippen LogP contribution in [0.25, 0.3) is 10.2 Å². The van der Waals surface area contributed by atoms with E-state index in [0.717, 1.165) is 47.2 Å². The maximum Gasteiger partial charge on any atom is 0.270 e. The molecule has 4 rings (SSSR count). The fourth-order valence-electron chi connectivity index (χ4n) is 3.43. The lowest BCUT2D eigenvalue weighted by Crippen LogP contribution is -2.24. The number of thiophene rings is 1. The smallest absolute Gasteiger partial charge is 0.270 e. The Bertz CT molecular complexity index is 979. The average Bonchev–Trinajstić information content (AvgIpc) is 3.37. The van der Waals surface area contributed by atoms with Crippen molar-refractivity contribution in [3.8, 4) is 0 Å². The molecule has 0 aliphatic heterocycles. The fraction of sp³-hybridized carbons (Fsp3) is 0.300. The maximum absolute atomic E-state index is 12.5. The molecule has 7 heteroatoms. The quantitative estimate of drug-likeness (QED) is 0.706. The largest absolute Gasteiger partial charge is 0.347 e. The minimum atomic E-state index is -0.235. The second kappa shape index (κ2) is 7.84. The molecule has 3 aromatic rings. The molecule has 2 aromatic heterocycles. The Morgan fingerprint density at radius 2 is 2.00 bits per heavy atom. The van der Waals surface area contributed by atoms with E-state index in [1.165, 1.54) is 17.7 Å². The van der Waals surface area contributed by atoms with E-state index in [1.807, 2.05) is 35.7 Å². The monoisotopic (exact) mass is 380 g/mol. The maximum atomic E-state index is 12.5. The number of carbonyl (C=O) groups excluding carboxylic acids is 2. The van der Waals surface area contributed by atoms with E-state index in [1.54, 1.807) is 0 Å². The molecular weight excluding hydrogens is 360 g/mol. The number of hydrogen-bond acceptors (Lipinski definition) is 5. The summed E-state index contributed by atoms with van der Waals surface area (Å²) in [5.41, 5.74) is 2.07. The Kier molecular flexibility index (Phi) is 5.11. The number of amides is 2. The van der Waals surface area contributed by atoms with Crippen molar-refractivity contribution in [2.45, 2.75) is 32.2 Å². The number of rotatable bonds is 5. The van der Waals surface area contributed by atoms with Gasteiger partial charge in [0.1, 0.15) is 16.9 Å². The Hall–Kier alpha value is -2.80. The van der Waals surface area contributed by atoms with Gasteiger partial charge in [0, 0.05) is 23.5 Å². The van der Waals surface area contributed by atoms with Crippen LogP contribution < -0.4 is 10.6 Å². The summed E-state index contributed by atoms with van der Waals surface area (Å²) in [5, 5.41) is 8.55. The van der Waals surface area contributed by atoms with Gasteiger partial charge < -0.3 is 10.6 Å². The van der Waals surface area contributed by atoms with Crippen molar-refractivity contribution >= 4 is 39.1 Å². The van der Waals surface area contributed by atoms with E-state index in [0.29, 0.717) is 12.2 Å². The van der Waals surface area contributed by atoms with Crippen molar-refractivity contribution in [1.29, 1.82) is 0 Å². The lowest BCUT2D eigenvalue weighted by Gasteiger charge is -2.12. The van der Waals surface area contributed by atoms with Gasteiger partial charge in [-0.05, 0) is 42.0 Å². The van der Waals surface area contributed by atoms with E-state index in [9.17, 15) is 9.59 Å². The van der Waals surface area contributed by atoms with E-state index in [4.69, 9.17) is 0 Å². The zero-order chi connectivity index (χ0) is 18.6. The number of nitrogens with one attached hydrogen (secondary N) is 2. The summed E-state index contributed by atoms with van der Waals surface area (Å²) < 4.78 is 0. The number of carbonyl (C=O) groups is 2. The molecule has 27 heavy (non-hydrogen) atoms. The van der Waals surface area contributed by atoms with Gasteiger partial charge in [0.05, 0.1) is 0 Å². The molecule has 1 aromatic carbocycles. The number of hydrogen-bond donors (Lipinski definition) is 2. The SMILES string of the molecule is O=C(NCc1cccc(NC(=O)C2CCCC2)c1)c1ncnc2sccc12. The van der Waals surface area contributed by atoms with Crippen molar-refractivity contribution in [3.05, 3.63) is 53.3 Å². The molecule has 0 radical (unpaired) electrons. The Morgan fingerprint density at radius 3 is 2.85 bits per heavy atom. The van der Waals surface area contributed by atoms with Crippen molar-refractivity contribution in [3.63, 3.8) is 0 Å². The molecule has 2 amide bonds. The van der Waals surface area contributed by atoms with E-state index < -0.39 is 0 Å². The number of aromatic nitrogens is 2. The molecule has 0 bridgehead atoms. The highest BCUT2D eigenvalue weighted by Gasteiger charge is 2.22. The van der Waals surface area contributed by atoms with Gasteiger partial charge in [-0.2, -0.15) is 0 Å². The number of benzene rings is 1. The first-order chi connectivity index (χ1) is 13.2. The molecule has 1 fully saturated rings. The zero-order valence-electron chi connectivity index (χ0n) is 14.8. The van der Waals surface area contributed by atoms with Crippen LogP contribution in [-0.4, -0.2) is 21.8 Å². The predicted molar refractivity (Wildman–Crippen MR) is 106 cm³/mol. The van der Waals surface area contributed by atoms with Gasteiger partial charge in [0.25, 0.3) is 5.91 Å². The number of fused-ring (bicyclic) bond motifs is 1. The first kappa shape index (κ1) is 17.6. The molecule has 6 nitrogen and oxygen atoms in total. The highest BCUT2D eigenvalue weighted by atomic mass is 32.1. The standard InChI is InChI=1S/C20H20N4O2S/c25-18(14-5-1-2-6-14)24-15-7-3-4-13(10-15)11-21-19(26)17-16-8-9-27-20(16)23-12-22-17/h3-4,7-10,12,14H,1-2,5-6,11H2,(H,21,26)(H,24,25). The third kappa shape index (κ3) is 3.98. The lowest BCUT2D eigenvalue weighted by atomic mass is 10.1. The predicted octanol–water partition coefficient (Wildman–Crippen LogP) is 3.75. The third-order valence-corrected chi connectivity index (χ3v) is 5.67. The van der Waals surface area contributed by atoms with Gasteiger partial charge in [-0.15, -0.1) is 11.3 Å². The van der Waals surface area contributed by atoms with Crippen LogP contribution in [-0.2, 0) is 11.3 Å². The van der Waals surface area contributed by atoms with E-state index in [2.05, 4.69) is 20.6 Å². The molecule has 138 valence electrons. The molecule has 0 unspecified atom stereocenters. The van der Waals surface area contributed by atoms with Crippen LogP contribution >= 0.6 is 11.3 Å². The van der Waals surface area contributed by atoms with Crippen LogP contribution in [0.1, 0.15) is 41.7 Å². The van der Waals surface area contributed by atoms with Crippen LogP contribution in [0.2, 0.25) is 0 Å². The van der Waals surface area contributed by atoms with Crippen molar-refractivity contribution < 1.29 is 9.59 Å². The van der Waals surface area contributed by atoms with E-state index in [-0.39, 0.29) is 17.7 Å². The molecule has 0 saturated heterocycles. The second-order valence-corrected chi connectivity index (χ2v) is 7.61. The highest BCUT2D eigenvalue weighted by Crippen LogP contribution is 2.26. The van der Waals surface area contributed by atoms with Gasteiger partial charge in [-0.1, -0.05) is 25.0 Å². The molecule has 2 N–H and O–H groups in total. The van der Waals surface area contributed by atoms with Crippen LogP contribution in [0.15, 0.2) is 42.0 Å². The first-order valence-corrected chi connectivity index (χ1v) is 9.95. The number of nitrogens with zero attached hydrogens (tertiary/aromatic N) is 2. The summed E-state index contributed by atoms with van der Waals surface area (Å²) in [6, 6.07) is 9.43. The summed E-state index contributed by atoms with van der Waals surface area (Å²) in [5.74, 6) is -0.0186. The van der Waals surface area contributed by atoms with Gasteiger partial charge in [0.2, 0.25) is 5.91 Å². The van der Waals surface area contributed by atoms with Gasteiger partial charge >= 0.3 is 0 Å². The molecule has 2 heterocycles. The Balaban J connectivity index is 1.40. The first-order valence-electron chi connectivity index (χ1n) is 9.07. The van der Waals surface area contributed by atoms with Gasteiger partial charge in [-0.25, -0.2) is 9.97 Å². The highest BCUT2D eigenvalue weighted by molar-refractivity contribution is 7.16. The molecule has 1 aliphatic carbocycles. The summed E-state index contributed by atoms with van der Waals surface area (Å²) in [7, 11) is 0. The van der Waals surface area contributed by atoms with Crippen molar-refractivity contribution in [2.24, 2.45) is 5.92 Å². The van der Waals surface area contributed by atoms with Crippen LogP contribution in [0.4, 0.5) is 5.69 Å². The number of anilines is 1. The molecule has 0 atom stereocenters. The summed E-state index contributed by atoms with van der Waals surface area (Å²) in [6.45, 7) is 0.363. The third-order valence-electron chi connectivity index (χ3n) is 4.85. The molecule has 1 saturated carbocycles. The minimum Gasteiger partial charge on any atom is -0.347 e.